The Morgan fingerprint density at radius 1 is 1.16 bits per heavy atom. The summed E-state index contributed by atoms with van der Waals surface area (Å²) >= 11 is 7.40. The van der Waals surface area contributed by atoms with Crippen molar-refractivity contribution in [3.8, 4) is 0 Å². The van der Waals surface area contributed by atoms with E-state index in [1.165, 1.54) is 40.5 Å². The van der Waals surface area contributed by atoms with E-state index in [9.17, 15) is 24.8 Å². The number of aliphatic hydroxyl groups is 1. The molecule has 1 N–H and O–H groups in total. The smallest absolute Gasteiger partial charge is 0.300 e. The molecule has 0 bridgehead atoms. The number of hydrogen-bond acceptors (Lipinski definition) is 6. The number of anilines is 1. The van der Waals surface area contributed by atoms with E-state index in [1.807, 2.05) is 5.38 Å². The lowest BCUT2D eigenvalue weighted by Gasteiger charge is -2.25. The highest BCUT2D eigenvalue weighted by Gasteiger charge is 2.47. The quantitative estimate of drug-likeness (QED) is 0.191. The van der Waals surface area contributed by atoms with E-state index in [1.54, 1.807) is 37.3 Å². The third-order valence-corrected chi connectivity index (χ3v) is 6.19. The number of aliphatic hydroxyl groups excluding tert-OH is 1. The van der Waals surface area contributed by atoms with Crippen molar-refractivity contribution < 1.29 is 19.6 Å². The van der Waals surface area contributed by atoms with Crippen LogP contribution in [-0.2, 0) is 9.59 Å². The lowest BCUT2D eigenvalue weighted by molar-refractivity contribution is -0.384. The molecule has 9 heteroatoms. The summed E-state index contributed by atoms with van der Waals surface area (Å²) in [4.78, 5) is 38.5. The minimum Gasteiger partial charge on any atom is -0.507 e. The fourth-order valence-corrected chi connectivity index (χ4v) is 4.63. The molecule has 1 aliphatic heterocycles. The van der Waals surface area contributed by atoms with Crippen molar-refractivity contribution >= 4 is 51.8 Å². The molecule has 0 radical (unpaired) electrons. The zero-order valence-electron chi connectivity index (χ0n) is 16.1. The Hall–Kier alpha value is -3.49. The van der Waals surface area contributed by atoms with Gasteiger partial charge < -0.3 is 5.11 Å². The van der Waals surface area contributed by atoms with Crippen LogP contribution in [0.15, 0.2) is 65.6 Å². The van der Waals surface area contributed by atoms with Gasteiger partial charge in [-0.25, -0.2) is 0 Å². The van der Waals surface area contributed by atoms with Crippen LogP contribution in [0.4, 0.5) is 11.4 Å². The molecule has 7 nitrogen and oxygen atoms in total. The van der Waals surface area contributed by atoms with Crippen LogP contribution in [0, 0.1) is 17.0 Å². The van der Waals surface area contributed by atoms with E-state index in [0.29, 0.717) is 21.2 Å². The fourth-order valence-electron chi connectivity index (χ4n) is 3.58. The molecule has 0 saturated carbocycles. The van der Waals surface area contributed by atoms with Crippen molar-refractivity contribution in [1.29, 1.82) is 0 Å². The first-order valence-electron chi connectivity index (χ1n) is 9.15. The third-order valence-electron chi connectivity index (χ3n) is 5.03. The van der Waals surface area contributed by atoms with E-state index >= 15 is 0 Å². The number of rotatable bonds is 4. The van der Waals surface area contributed by atoms with Gasteiger partial charge >= 0.3 is 0 Å². The maximum Gasteiger partial charge on any atom is 0.300 e. The Kier molecular flexibility index (Phi) is 5.34. The maximum atomic E-state index is 13.1. The van der Waals surface area contributed by atoms with Gasteiger partial charge in [-0.1, -0.05) is 17.7 Å². The standard InChI is InChI=1S/C22H15ClN2O5S/c1-12-11-14(23)6-9-16(12)24-19(17-3-2-10-31-17)18(21(27)22(24)28)20(26)13-4-7-15(8-5-13)25(29)30/h2-11,19,26H,1H3/b20-18-. The van der Waals surface area contributed by atoms with Crippen LogP contribution in [0.2, 0.25) is 5.02 Å². The average molecular weight is 455 g/mol. The Morgan fingerprint density at radius 2 is 1.87 bits per heavy atom. The highest BCUT2D eigenvalue weighted by Crippen LogP contribution is 2.44. The minimum absolute atomic E-state index is 0.0735. The number of Topliss-reactive ketones (excluding diaryl/α,β-unsaturated/α-hetero) is 1. The number of aryl methyl sites for hydroxylation is 1. The number of halogens is 1. The number of nitro groups is 1. The van der Waals surface area contributed by atoms with Gasteiger partial charge in [0.05, 0.1) is 10.5 Å². The van der Waals surface area contributed by atoms with Gasteiger partial charge in [-0.15, -0.1) is 11.3 Å². The van der Waals surface area contributed by atoms with Crippen molar-refractivity contribution in [3.63, 3.8) is 0 Å². The molecule has 1 unspecified atom stereocenters. The largest absolute Gasteiger partial charge is 0.507 e. The molecule has 3 aromatic rings. The normalized spacial score (nSPS) is 17.9. The first kappa shape index (κ1) is 20.8. The lowest BCUT2D eigenvalue weighted by Crippen LogP contribution is -2.29. The minimum atomic E-state index is -0.838. The highest BCUT2D eigenvalue weighted by atomic mass is 35.5. The van der Waals surface area contributed by atoms with Crippen LogP contribution >= 0.6 is 22.9 Å². The van der Waals surface area contributed by atoms with E-state index in [-0.39, 0.29) is 22.6 Å². The molecule has 156 valence electrons. The van der Waals surface area contributed by atoms with Crippen molar-refractivity contribution in [1.82, 2.24) is 0 Å². The second-order valence-electron chi connectivity index (χ2n) is 6.92. The molecule has 1 aliphatic rings. The van der Waals surface area contributed by atoms with Crippen molar-refractivity contribution in [3.05, 3.63) is 96.7 Å². The monoisotopic (exact) mass is 454 g/mol. The number of amides is 1. The molecule has 0 aliphatic carbocycles. The number of non-ortho nitro benzene ring substituents is 1. The molecule has 0 spiro atoms. The predicted octanol–water partition coefficient (Wildman–Crippen LogP) is 5.24. The van der Waals surface area contributed by atoms with Gasteiger partial charge in [0.2, 0.25) is 0 Å². The molecule has 1 saturated heterocycles. The van der Waals surface area contributed by atoms with Gasteiger partial charge in [-0.2, -0.15) is 0 Å². The Labute approximate surface area is 186 Å². The van der Waals surface area contributed by atoms with E-state index < -0.39 is 22.7 Å². The zero-order valence-corrected chi connectivity index (χ0v) is 17.7. The summed E-state index contributed by atoms with van der Waals surface area (Å²) < 4.78 is 0. The van der Waals surface area contributed by atoms with Gasteiger partial charge in [0.1, 0.15) is 11.8 Å². The summed E-state index contributed by atoms with van der Waals surface area (Å²) in [6, 6.07) is 12.9. The summed E-state index contributed by atoms with van der Waals surface area (Å²) in [7, 11) is 0. The number of benzene rings is 2. The Bertz CT molecular complexity index is 1240. The van der Waals surface area contributed by atoms with Crippen molar-refractivity contribution in [2.24, 2.45) is 0 Å². The molecule has 1 amide bonds. The topological polar surface area (TPSA) is 101 Å². The van der Waals surface area contributed by atoms with Crippen LogP contribution in [0.25, 0.3) is 5.76 Å². The van der Waals surface area contributed by atoms with Crippen LogP contribution in [0.1, 0.15) is 22.0 Å². The maximum absolute atomic E-state index is 13.1. The summed E-state index contributed by atoms with van der Waals surface area (Å²) in [6.45, 7) is 1.78. The van der Waals surface area contributed by atoms with Crippen molar-refractivity contribution in [2.45, 2.75) is 13.0 Å². The van der Waals surface area contributed by atoms with E-state index in [0.717, 1.165) is 0 Å². The van der Waals surface area contributed by atoms with Crippen LogP contribution in [0.3, 0.4) is 0 Å². The molecule has 1 fully saturated rings. The van der Waals surface area contributed by atoms with Gasteiger partial charge in [0.15, 0.2) is 0 Å². The van der Waals surface area contributed by atoms with E-state index in [4.69, 9.17) is 11.6 Å². The summed E-state index contributed by atoms with van der Waals surface area (Å²) in [6.07, 6.45) is 0. The summed E-state index contributed by atoms with van der Waals surface area (Å²) in [5.41, 5.74) is 1.19. The average Bonchev–Trinajstić information content (AvgIpc) is 3.35. The molecule has 1 atom stereocenters. The summed E-state index contributed by atoms with van der Waals surface area (Å²) in [5, 5.41) is 24.2. The molecule has 4 rings (SSSR count). The fraction of sp³-hybridized carbons (Fsp3) is 0.0909. The number of nitro benzene ring substituents is 1. The molecule has 2 aromatic carbocycles. The lowest BCUT2D eigenvalue weighted by atomic mass is 9.99. The number of carbonyl (C=O) groups excluding carboxylic acids is 2. The van der Waals surface area contributed by atoms with E-state index in [2.05, 4.69) is 0 Å². The number of hydrogen-bond donors (Lipinski definition) is 1. The highest BCUT2D eigenvalue weighted by molar-refractivity contribution is 7.10. The molecule has 31 heavy (non-hydrogen) atoms. The second kappa shape index (κ2) is 7.98. The molecular formula is C22H15ClN2O5S. The third kappa shape index (κ3) is 3.60. The Balaban J connectivity index is 1.90. The number of carbonyl (C=O) groups is 2. The molecule has 2 heterocycles. The van der Waals surface area contributed by atoms with Gasteiger partial charge in [-0.3, -0.25) is 24.6 Å². The first-order valence-corrected chi connectivity index (χ1v) is 10.4. The van der Waals surface area contributed by atoms with Crippen LogP contribution in [0.5, 0.6) is 0 Å². The van der Waals surface area contributed by atoms with Gasteiger partial charge in [0.25, 0.3) is 17.4 Å². The number of thiophene rings is 1. The van der Waals surface area contributed by atoms with Crippen LogP contribution in [-0.4, -0.2) is 21.7 Å². The molecular weight excluding hydrogens is 440 g/mol. The second-order valence-corrected chi connectivity index (χ2v) is 8.34. The SMILES string of the molecule is Cc1cc(Cl)ccc1N1C(=O)C(=O)/C(=C(\O)c2ccc([N+](=O)[O-])cc2)C1c1cccs1. The Morgan fingerprint density at radius 3 is 2.45 bits per heavy atom. The predicted molar refractivity (Wildman–Crippen MR) is 118 cm³/mol. The number of nitrogens with zero attached hydrogens (tertiary/aromatic N) is 2. The zero-order chi connectivity index (χ0) is 22.3. The van der Waals surface area contributed by atoms with Gasteiger partial charge in [0, 0.05) is 33.3 Å². The van der Waals surface area contributed by atoms with Crippen LogP contribution < -0.4 is 4.90 Å². The number of ketones is 1. The molecule has 1 aromatic heterocycles. The van der Waals surface area contributed by atoms with Crippen molar-refractivity contribution in [2.75, 3.05) is 4.90 Å². The first-order chi connectivity index (χ1) is 14.8. The van der Waals surface area contributed by atoms with Gasteiger partial charge in [-0.05, 0) is 54.3 Å². The summed E-state index contributed by atoms with van der Waals surface area (Å²) in [5.74, 6) is -1.99.